The van der Waals surface area contributed by atoms with Crippen molar-refractivity contribution in [3.8, 4) is 12.3 Å². The van der Waals surface area contributed by atoms with Gasteiger partial charge in [-0.15, -0.1) is 12.3 Å². The molecule has 3 nitrogen and oxygen atoms in total. The first-order valence-electron chi connectivity index (χ1n) is 5.66. The summed E-state index contributed by atoms with van der Waals surface area (Å²) >= 11 is 0. The summed E-state index contributed by atoms with van der Waals surface area (Å²) in [6.45, 7) is 2.64. The van der Waals surface area contributed by atoms with E-state index in [0.29, 0.717) is 6.54 Å². The molecule has 0 bridgehead atoms. The second-order valence-corrected chi connectivity index (χ2v) is 3.98. The molecule has 1 rings (SSSR count). The van der Waals surface area contributed by atoms with Crippen molar-refractivity contribution in [1.82, 2.24) is 5.32 Å². The fourth-order valence-electron chi connectivity index (χ4n) is 1.56. The van der Waals surface area contributed by atoms with Crippen LogP contribution in [0.15, 0.2) is 24.3 Å². The molecule has 3 heteroatoms. The van der Waals surface area contributed by atoms with Crippen molar-refractivity contribution in [2.24, 2.45) is 5.73 Å². The molecular formula is C14H18N2O. The fourth-order valence-corrected chi connectivity index (χ4v) is 1.56. The van der Waals surface area contributed by atoms with Crippen molar-refractivity contribution in [3.05, 3.63) is 35.4 Å². The molecule has 0 spiro atoms. The first-order chi connectivity index (χ1) is 8.15. The van der Waals surface area contributed by atoms with Crippen molar-refractivity contribution >= 4 is 5.91 Å². The van der Waals surface area contributed by atoms with E-state index in [9.17, 15) is 4.79 Å². The lowest BCUT2D eigenvalue weighted by Gasteiger charge is -2.10. The van der Waals surface area contributed by atoms with E-state index < -0.39 is 6.04 Å². The lowest BCUT2D eigenvalue weighted by Crippen LogP contribution is -2.41. The molecule has 0 saturated carbocycles. The van der Waals surface area contributed by atoms with Crippen LogP contribution in [-0.2, 0) is 11.2 Å². The second-order valence-electron chi connectivity index (χ2n) is 3.98. The van der Waals surface area contributed by atoms with E-state index in [-0.39, 0.29) is 12.3 Å². The van der Waals surface area contributed by atoms with Gasteiger partial charge in [0.25, 0.3) is 0 Å². The average molecular weight is 230 g/mol. The van der Waals surface area contributed by atoms with Crippen LogP contribution in [-0.4, -0.2) is 18.5 Å². The van der Waals surface area contributed by atoms with E-state index >= 15 is 0 Å². The number of rotatable bonds is 5. The maximum atomic E-state index is 11.5. The molecule has 0 radical (unpaired) electrons. The number of benzene rings is 1. The highest BCUT2D eigenvalue weighted by atomic mass is 16.2. The summed E-state index contributed by atoms with van der Waals surface area (Å²) in [6, 6.07) is 7.51. The van der Waals surface area contributed by atoms with Crippen LogP contribution in [0.25, 0.3) is 0 Å². The van der Waals surface area contributed by atoms with Crippen LogP contribution >= 0.6 is 0 Å². The standard InChI is InChI=1S/C14H18N2O/c1-3-6-13(15)14(17)16-10-9-12-8-5-4-7-11(12)2/h1,4-5,7-8,13H,6,9-10,15H2,2H3,(H,16,17). The summed E-state index contributed by atoms with van der Waals surface area (Å²) in [4.78, 5) is 11.5. The molecule has 0 saturated heterocycles. The summed E-state index contributed by atoms with van der Waals surface area (Å²) in [7, 11) is 0. The van der Waals surface area contributed by atoms with Gasteiger partial charge in [-0.2, -0.15) is 0 Å². The third kappa shape index (κ3) is 4.29. The van der Waals surface area contributed by atoms with Gasteiger partial charge < -0.3 is 11.1 Å². The third-order valence-corrected chi connectivity index (χ3v) is 2.63. The number of aryl methyl sites for hydroxylation is 1. The number of amides is 1. The Morgan fingerprint density at radius 1 is 1.53 bits per heavy atom. The summed E-state index contributed by atoms with van der Waals surface area (Å²) in [5.41, 5.74) is 8.05. The molecular weight excluding hydrogens is 212 g/mol. The van der Waals surface area contributed by atoms with E-state index in [1.807, 2.05) is 12.1 Å². The number of terminal acetylenes is 1. The predicted molar refractivity (Wildman–Crippen MR) is 69.3 cm³/mol. The summed E-state index contributed by atoms with van der Waals surface area (Å²) in [5, 5.41) is 2.78. The Bertz CT molecular complexity index is 420. The van der Waals surface area contributed by atoms with Crippen molar-refractivity contribution < 1.29 is 4.79 Å². The topological polar surface area (TPSA) is 55.1 Å². The maximum Gasteiger partial charge on any atom is 0.237 e. The van der Waals surface area contributed by atoms with Crippen LogP contribution in [0.3, 0.4) is 0 Å². The van der Waals surface area contributed by atoms with Crippen LogP contribution in [0, 0.1) is 19.3 Å². The lowest BCUT2D eigenvalue weighted by molar-refractivity contribution is -0.122. The first-order valence-corrected chi connectivity index (χ1v) is 5.66. The van der Waals surface area contributed by atoms with Crippen LogP contribution in [0.2, 0.25) is 0 Å². The van der Waals surface area contributed by atoms with Gasteiger partial charge in [-0.3, -0.25) is 4.79 Å². The van der Waals surface area contributed by atoms with E-state index in [4.69, 9.17) is 12.2 Å². The molecule has 1 aromatic carbocycles. The minimum absolute atomic E-state index is 0.184. The maximum absolute atomic E-state index is 11.5. The molecule has 1 amide bonds. The van der Waals surface area contributed by atoms with Crippen molar-refractivity contribution in [2.45, 2.75) is 25.8 Å². The molecule has 1 aromatic rings. The number of carbonyl (C=O) groups excluding carboxylic acids is 1. The van der Waals surface area contributed by atoms with Crippen molar-refractivity contribution in [1.29, 1.82) is 0 Å². The van der Waals surface area contributed by atoms with E-state index in [2.05, 4.69) is 30.3 Å². The van der Waals surface area contributed by atoms with Gasteiger partial charge in [0.2, 0.25) is 5.91 Å². The van der Waals surface area contributed by atoms with E-state index in [1.54, 1.807) is 0 Å². The van der Waals surface area contributed by atoms with E-state index in [0.717, 1.165) is 6.42 Å². The SMILES string of the molecule is C#CCC(N)C(=O)NCCc1ccccc1C. The molecule has 0 heterocycles. The number of carbonyl (C=O) groups is 1. The van der Waals surface area contributed by atoms with Crippen LogP contribution in [0.4, 0.5) is 0 Å². The van der Waals surface area contributed by atoms with Crippen molar-refractivity contribution in [2.75, 3.05) is 6.54 Å². The molecule has 1 unspecified atom stereocenters. The Balaban J connectivity index is 2.36. The van der Waals surface area contributed by atoms with Crippen LogP contribution in [0.1, 0.15) is 17.5 Å². The Hall–Kier alpha value is -1.79. The highest BCUT2D eigenvalue weighted by molar-refractivity contribution is 5.81. The Morgan fingerprint density at radius 2 is 2.24 bits per heavy atom. The van der Waals surface area contributed by atoms with Crippen LogP contribution < -0.4 is 11.1 Å². The van der Waals surface area contributed by atoms with Gasteiger partial charge in [0.15, 0.2) is 0 Å². The first kappa shape index (κ1) is 13.3. The molecule has 0 fully saturated rings. The molecule has 0 aromatic heterocycles. The second kappa shape index (κ2) is 6.72. The largest absolute Gasteiger partial charge is 0.354 e. The summed E-state index contributed by atoms with van der Waals surface area (Å²) < 4.78 is 0. The summed E-state index contributed by atoms with van der Waals surface area (Å²) in [6.07, 6.45) is 6.18. The highest BCUT2D eigenvalue weighted by Crippen LogP contribution is 2.06. The zero-order valence-electron chi connectivity index (χ0n) is 10.1. The molecule has 0 aliphatic carbocycles. The van der Waals surface area contributed by atoms with Crippen molar-refractivity contribution in [3.63, 3.8) is 0 Å². The zero-order valence-corrected chi connectivity index (χ0v) is 10.1. The molecule has 1 atom stereocenters. The average Bonchev–Trinajstić information content (AvgIpc) is 2.31. The molecule has 0 aliphatic heterocycles. The number of nitrogens with one attached hydrogen (secondary N) is 1. The smallest absolute Gasteiger partial charge is 0.237 e. The number of nitrogens with two attached hydrogens (primary N) is 1. The van der Waals surface area contributed by atoms with Gasteiger partial charge in [-0.25, -0.2) is 0 Å². The molecule has 0 aliphatic rings. The van der Waals surface area contributed by atoms with Crippen LogP contribution in [0.5, 0.6) is 0 Å². The number of hydrogen-bond donors (Lipinski definition) is 2. The molecule has 90 valence electrons. The Morgan fingerprint density at radius 3 is 2.88 bits per heavy atom. The predicted octanol–water partition coefficient (Wildman–Crippen LogP) is 1.00. The minimum atomic E-state index is -0.600. The molecule has 17 heavy (non-hydrogen) atoms. The van der Waals surface area contributed by atoms with Gasteiger partial charge in [0.1, 0.15) is 0 Å². The quantitative estimate of drug-likeness (QED) is 0.742. The monoisotopic (exact) mass is 230 g/mol. The zero-order chi connectivity index (χ0) is 12.7. The highest BCUT2D eigenvalue weighted by Gasteiger charge is 2.10. The normalized spacial score (nSPS) is 11.6. The van der Waals surface area contributed by atoms with Gasteiger partial charge in [0, 0.05) is 13.0 Å². The number of hydrogen-bond acceptors (Lipinski definition) is 2. The van der Waals surface area contributed by atoms with E-state index in [1.165, 1.54) is 11.1 Å². The molecule has 3 N–H and O–H groups in total. The lowest BCUT2D eigenvalue weighted by atomic mass is 10.1. The minimum Gasteiger partial charge on any atom is -0.354 e. The van der Waals surface area contributed by atoms with Gasteiger partial charge in [0.05, 0.1) is 6.04 Å². The summed E-state index contributed by atoms with van der Waals surface area (Å²) in [5.74, 6) is 2.20. The van der Waals surface area contributed by atoms with Gasteiger partial charge >= 0.3 is 0 Å². The Labute approximate surface area is 102 Å². The Kier molecular flexibility index (Phi) is 5.25. The van der Waals surface area contributed by atoms with Gasteiger partial charge in [-0.05, 0) is 24.5 Å². The van der Waals surface area contributed by atoms with Gasteiger partial charge in [-0.1, -0.05) is 24.3 Å². The third-order valence-electron chi connectivity index (χ3n) is 2.63. The fraction of sp³-hybridized carbons (Fsp3) is 0.357.